The third-order valence-electron chi connectivity index (χ3n) is 3.39. The number of halogens is 2. The van der Waals surface area contributed by atoms with Gasteiger partial charge in [-0.3, -0.25) is 0 Å². The van der Waals surface area contributed by atoms with Crippen LogP contribution < -0.4 is 4.80 Å². The van der Waals surface area contributed by atoms with Gasteiger partial charge >= 0.3 is 0 Å². The van der Waals surface area contributed by atoms with Crippen molar-refractivity contribution in [2.75, 3.05) is 0 Å². The molecule has 0 saturated heterocycles. The van der Waals surface area contributed by atoms with Crippen LogP contribution in [0.3, 0.4) is 0 Å². The molecular weight excluding hydrogens is 363 g/mol. The van der Waals surface area contributed by atoms with E-state index in [1.54, 1.807) is 30.3 Å². The number of phenolic OH excluding ortho intramolecular Hbond substituents is 1. The number of allylic oxidation sites excluding steroid dienone is 1. The monoisotopic (exact) mass is 376 g/mol. The van der Waals surface area contributed by atoms with Crippen molar-refractivity contribution in [2.45, 2.75) is 6.54 Å². The van der Waals surface area contributed by atoms with Crippen molar-refractivity contribution in [1.29, 1.82) is 0 Å². The summed E-state index contributed by atoms with van der Waals surface area (Å²) in [4.78, 5) is 5.47. The van der Waals surface area contributed by atoms with Crippen LogP contribution in [0.5, 0.6) is 5.75 Å². The minimum absolute atomic E-state index is 0.215. The van der Waals surface area contributed by atoms with Gasteiger partial charge in [-0.05, 0) is 42.5 Å². The second-order valence-corrected chi connectivity index (χ2v) is 6.74. The zero-order valence-corrected chi connectivity index (χ0v) is 14.9. The van der Waals surface area contributed by atoms with Crippen molar-refractivity contribution in [3.05, 3.63) is 75.3 Å². The number of phenols is 1. The van der Waals surface area contributed by atoms with Crippen LogP contribution in [0.15, 0.2) is 65.5 Å². The predicted octanol–water partition coefficient (Wildman–Crippen LogP) is 5.65. The van der Waals surface area contributed by atoms with Crippen LogP contribution in [0.4, 0.5) is 5.69 Å². The molecule has 0 amide bonds. The molecule has 0 atom stereocenters. The van der Waals surface area contributed by atoms with Crippen LogP contribution in [-0.4, -0.2) is 9.67 Å². The van der Waals surface area contributed by atoms with Crippen LogP contribution in [0.25, 0.3) is 11.3 Å². The van der Waals surface area contributed by atoms with Crippen molar-refractivity contribution in [2.24, 2.45) is 4.99 Å². The Hall–Kier alpha value is -2.01. The topological polar surface area (TPSA) is 37.5 Å². The summed E-state index contributed by atoms with van der Waals surface area (Å²) in [6.45, 7) is 4.43. The maximum Gasteiger partial charge on any atom is 0.190 e. The number of hydrogen-bond acceptors (Lipinski definition) is 3. The predicted molar refractivity (Wildman–Crippen MR) is 101 cm³/mol. The molecular formula is C18H14Cl2N2OS. The maximum absolute atomic E-state index is 9.38. The highest BCUT2D eigenvalue weighted by Crippen LogP contribution is 2.31. The van der Waals surface area contributed by atoms with Gasteiger partial charge < -0.3 is 9.67 Å². The Morgan fingerprint density at radius 3 is 2.58 bits per heavy atom. The molecule has 0 aliphatic heterocycles. The Morgan fingerprint density at radius 1 is 1.17 bits per heavy atom. The van der Waals surface area contributed by atoms with Crippen LogP contribution in [0, 0.1) is 0 Å². The molecule has 122 valence electrons. The first-order chi connectivity index (χ1) is 11.6. The number of benzene rings is 2. The van der Waals surface area contributed by atoms with Crippen molar-refractivity contribution in [3.63, 3.8) is 0 Å². The average Bonchev–Trinajstić information content (AvgIpc) is 2.93. The first-order valence-corrected chi connectivity index (χ1v) is 8.80. The van der Waals surface area contributed by atoms with Gasteiger partial charge in [0.15, 0.2) is 4.80 Å². The quantitative estimate of drug-likeness (QED) is 0.587. The molecule has 3 aromatic rings. The summed E-state index contributed by atoms with van der Waals surface area (Å²) < 4.78 is 2.04. The molecule has 0 aliphatic rings. The number of aromatic nitrogens is 1. The highest BCUT2D eigenvalue weighted by Gasteiger charge is 2.11. The molecule has 0 aliphatic carbocycles. The Morgan fingerprint density at radius 2 is 1.92 bits per heavy atom. The molecule has 2 aromatic carbocycles. The molecule has 0 bridgehead atoms. The van der Waals surface area contributed by atoms with E-state index in [-0.39, 0.29) is 5.75 Å². The van der Waals surface area contributed by atoms with Crippen molar-refractivity contribution < 1.29 is 5.11 Å². The third-order valence-corrected chi connectivity index (χ3v) is 4.80. The summed E-state index contributed by atoms with van der Waals surface area (Å²) in [5.74, 6) is 0.215. The molecule has 3 nitrogen and oxygen atoms in total. The van der Waals surface area contributed by atoms with Crippen LogP contribution in [0.1, 0.15) is 0 Å². The van der Waals surface area contributed by atoms with Crippen LogP contribution >= 0.6 is 34.5 Å². The molecule has 0 radical (unpaired) electrons. The van der Waals surface area contributed by atoms with Gasteiger partial charge in [-0.15, -0.1) is 17.9 Å². The fraction of sp³-hybridized carbons (Fsp3) is 0.0556. The lowest BCUT2D eigenvalue weighted by Gasteiger charge is -2.08. The Balaban J connectivity index is 2.14. The molecule has 1 heterocycles. The number of aromatic hydroxyl groups is 1. The SMILES string of the molecule is C=CCn1c(-c2ccc(Cl)cc2Cl)csc1=Nc1ccc(O)cc1. The minimum atomic E-state index is 0.215. The summed E-state index contributed by atoms with van der Waals surface area (Å²) in [6, 6.07) is 12.2. The number of rotatable bonds is 4. The molecule has 24 heavy (non-hydrogen) atoms. The van der Waals surface area contributed by atoms with E-state index >= 15 is 0 Å². The Bertz CT molecular complexity index is 942. The molecule has 0 spiro atoms. The smallest absolute Gasteiger partial charge is 0.190 e. The van der Waals surface area contributed by atoms with Gasteiger partial charge in [0.1, 0.15) is 5.75 Å². The van der Waals surface area contributed by atoms with Gasteiger partial charge in [0.25, 0.3) is 0 Å². The van der Waals surface area contributed by atoms with E-state index in [0.29, 0.717) is 16.6 Å². The summed E-state index contributed by atoms with van der Waals surface area (Å²) in [6.07, 6.45) is 1.82. The first kappa shape index (κ1) is 16.8. The average molecular weight is 377 g/mol. The number of thiazole rings is 1. The molecule has 6 heteroatoms. The van der Waals surface area contributed by atoms with Gasteiger partial charge in [-0.1, -0.05) is 29.3 Å². The second-order valence-electron chi connectivity index (χ2n) is 5.06. The first-order valence-electron chi connectivity index (χ1n) is 7.17. The van der Waals surface area contributed by atoms with E-state index in [2.05, 4.69) is 11.6 Å². The van der Waals surface area contributed by atoms with Crippen molar-refractivity contribution >= 4 is 40.2 Å². The Labute approximate surface area is 153 Å². The third kappa shape index (κ3) is 3.56. The van der Waals surface area contributed by atoms with Gasteiger partial charge in [0, 0.05) is 22.5 Å². The van der Waals surface area contributed by atoms with Gasteiger partial charge in [0.2, 0.25) is 0 Å². The summed E-state index contributed by atoms with van der Waals surface area (Å²) in [5.41, 5.74) is 2.62. The lowest BCUT2D eigenvalue weighted by atomic mass is 10.1. The molecule has 3 rings (SSSR count). The highest BCUT2D eigenvalue weighted by atomic mass is 35.5. The fourth-order valence-electron chi connectivity index (χ4n) is 2.27. The lowest BCUT2D eigenvalue weighted by molar-refractivity contribution is 0.475. The number of hydrogen-bond donors (Lipinski definition) is 1. The zero-order chi connectivity index (χ0) is 17.1. The summed E-state index contributed by atoms with van der Waals surface area (Å²) in [7, 11) is 0. The van der Waals surface area contributed by atoms with E-state index in [9.17, 15) is 5.11 Å². The van der Waals surface area contributed by atoms with E-state index in [1.807, 2.05) is 28.2 Å². The fourth-order valence-corrected chi connectivity index (χ4v) is 3.71. The van der Waals surface area contributed by atoms with Gasteiger partial charge in [-0.25, -0.2) is 4.99 Å². The van der Waals surface area contributed by atoms with Crippen molar-refractivity contribution in [3.8, 4) is 17.0 Å². The zero-order valence-electron chi connectivity index (χ0n) is 12.6. The molecule has 1 aromatic heterocycles. The van der Waals surface area contributed by atoms with E-state index in [0.717, 1.165) is 21.7 Å². The highest BCUT2D eigenvalue weighted by molar-refractivity contribution is 7.07. The van der Waals surface area contributed by atoms with Crippen LogP contribution in [-0.2, 0) is 6.54 Å². The normalized spacial score (nSPS) is 11.7. The summed E-state index contributed by atoms with van der Waals surface area (Å²) >= 11 is 13.8. The minimum Gasteiger partial charge on any atom is -0.508 e. The molecule has 1 N–H and O–H groups in total. The van der Waals surface area contributed by atoms with Gasteiger partial charge in [-0.2, -0.15) is 0 Å². The van der Waals surface area contributed by atoms with Crippen LogP contribution in [0.2, 0.25) is 10.0 Å². The van der Waals surface area contributed by atoms with E-state index < -0.39 is 0 Å². The molecule has 0 unspecified atom stereocenters. The molecule has 0 saturated carbocycles. The summed E-state index contributed by atoms with van der Waals surface area (Å²) in [5, 5.41) is 12.6. The Kier molecular flexibility index (Phi) is 5.09. The van der Waals surface area contributed by atoms with E-state index in [4.69, 9.17) is 23.2 Å². The largest absolute Gasteiger partial charge is 0.508 e. The lowest BCUT2D eigenvalue weighted by Crippen LogP contribution is -2.14. The van der Waals surface area contributed by atoms with Gasteiger partial charge in [0.05, 0.1) is 16.4 Å². The maximum atomic E-state index is 9.38. The standard InChI is InChI=1S/C18H14Cl2N2OS/c1-2-9-22-17(15-8-3-12(19)10-16(15)20)11-24-18(22)21-13-4-6-14(23)7-5-13/h2-8,10-11,23H,1,9H2. The number of nitrogens with zero attached hydrogens (tertiary/aromatic N) is 2. The van der Waals surface area contributed by atoms with Crippen molar-refractivity contribution in [1.82, 2.24) is 4.57 Å². The molecule has 0 fully saturated rings. The second kappa shape index (κ2) is 7.26. The van der Waals surface area contributed by atoms with E-state index in [1.165, 1.54) is 11.3 Å².